The van der Waals surface area contributed by atoms with E-state index in [9.17, 15) is 9.59 Å². The lowest BCUT2D eigenvalue weighted by Gasteiger charge is -2.37. The molecule has 6 nitrogen and oxygen atoms in total. The largest absolute Gasteiger partial charge is 0.490 e. The standard InChI is InChI=1S/C27H36N2O4/c1-6-32-24-13-12-20(16-25(24)33-7-2)19(5)28-27(31)23-15-21-10-8-9-11-22(21)17-29(23)26(30)14-18(3)4/h8-13,16,18-19,23H,6-7,14-15,17H2,1-5H3,(H,28,31). The summed E-state index contributed by atoms with van der Waals surface area (Å²) < 4.78 is 11.4. The Morgan fingerprint density at radius 1 is 1.00 bits per heavy atom. The van der Waals surface area contributed by atoms with Crippen LogP contribution in [0.5, 0.6) is 11.5 Å². The molecule has 1 aliphatic rings. The third-order valence-electron chi connectivity index (χ3n) is 5.88. The Hall–Kier alpha value is -3.02. The summed E-state index contributed by atoms with van der Waals surface area (Å²) in [5.74, 6) is 1.47. The summed E-state index contributed by atoms with van der Waals surface area (Å²) in [6.45, 7) is 11.4. The Morgan fingerprint density at radius 2 is 1.67 bits per heavy atom. The van der Waals surface area contributed by atoms with E-state index in [1.807, 2.05) is 77.1 Å². The molecule has 1 aliphatic heterocycles. The first-order valence-corrected chi connectivity index (χ1v) is 11.9. The van der Waals surface area contributed by atoms with Gasteiger partial charge in [0.1, 0.15) is 6.04 Å². The molecule has 178 valence electrons. The molecular formula is C27H36N2O4. The van der Waals surface area contributed by atoms with Crippen molar-refractivity contribution >= 4 is 11.8 Å². The molecule has 33 heavy (non-hydrogen) atoms. The second-order valence-corrected chi connectivity index (χ2v) is 8.91. The van der Waals surface area contributed by atoms with Crippen LogP contribution in [0.15, 0.2) is 42.5 Å². The number of hydrogen-bond acceptors (Lipinski definition) is 4. The van der Waals surface area contributed by atoms with Crippen LogP contribution >= 0.6 is 0 Å². The molecule has 1 N–H and O–H groups in total. The Balaban J connectivity index is 1.80. The maximum absolute atomic E-state index is 13.4. The Kier molecular flexibility index (Phi) is 8.37. The van der Waals surface area contributed by atoms with E-state index in [0.717, 1.165) is 16.7 Å². The minimum absolute atomic E-state index is 0.0204. The van der Waals surface area contributed by atoms with Gasteiger partial charge >= 0.3 is 0 Å². The lowest BCUT2D eigenvalue weighted by Crippen LogP contribution is -2.53. The molecule has 2 amide bonds. The van der Waals surface area contributed by atoms with Crippen LogP contribution in [0.25, 0.3) is 0 Å². The van der Waals surface area contributed by atoms with Crippen molar-refractivity contribution in [3.05, 3.63) is 59.2 Å². The van der Waals surface area contributed by atoms with Crippen LogP contribution in [0.2, 0.25) is 0 Å². The number of rotatable bonds is 9. The van der Waals surface area contributed by atoms with E-state index in [1.54, 1.807) is 4.90 Å². The summed E-state index contributed by atoms with van der Waals surface area (Å²) in [4.78, 5) is 28.2. The first-order chi connectivity index (χ1) is 15.8. The Labute approximate surface area is 197 Å². The zero-order valence-electron chi connectivity index (χ0n) is 20.4. The summed E-state index contributed by atoms with van der Waals surface area (Å²) >= 11 is 0. The van der Waals surface area contributed by atoms with Gasteiger partial charge in [0.2, 0.25) is 11.8 Å². The number of nitrogens with one attached hydrogen (secondary N) is 1. The first-order valence-electron chi connectivity index (χ1n) is 11.9. The zero-order chi connectivity index (χ0) is 24.0. The second kappa shape index (κ2) is 11.2. The fraction of sp³-hybridized carbons (Fsp3) is 0.481. The number of nitrogens with zero attached hydrogens (tertiary/aromatic N) is 1. The molecular weight excluding hydrogens is 416 g/mol. The number of carbonyl (C=O) groups excluding carboxylic acids is 2. The smallest absolute Gasteiger partial charge is 0.243 e. The lowest BCUT2D eigenvalue weighted by molar-refractivity contribution is -0.142. The summed E-state index contributed by atoms with van der Waals surface area (Å²) in [6, 6.07) is 13.0. The Bertz CT molecular complexity index is 972. The number of hydrogen-bond donors (Lipinski definition) is 1. The van der Waals surface area contributed by atoms with Gasteiger partial charge in [0, 0.05) is 19.4 Å². The molecule has 2 unspecified atom stereocenters. The molecule has 1 heterocycles. The maximum atomic E-state index is 13.4. The van der Waals surface area contributed by atoms with Crippen LogP contribution in [0.1, 0.15) is 63.8 Å². The van der Waals surface area contributed by atoms with Gasteiger partial charge in [-0.05, 0) is 55.5 Å². The van der Waals surface area contributed by atoms with E-state index in [2.05, 4.69) is 5.32 Å². The highest BCUT2D eigenvalue weighted by Gasteiger charge is 2.35. The minimum atomic E-state index is -0.525. The van der Waals surface area contributed by atoms with Crippen LogP contribution in [0, 0.1) is 5.92 Å². The van der Waals surface area contributed by atoms with Crippen molar-refractivity contribution in [2.45, 2.75) is 66.1 Å². The van der Waals surface area contributed by atoms with Crippen LogP contribution < -0.4 is 14.8 Å². The van der Waals surface area contributed by atoms with E-state index in [1.165, 1.54) is 0 Å². The van der Waals surface area contributed by atoms with Crippen LogP contribution in [-0.4, -0.2) is 36.0 Å². The maximum Gasteiger partial charge on any atom is 0.243 e. The molecule has 0 bridgehead atoms. The SMILES string of the molecule is CCOc1ccc(C(C)NC(=O)C2Cc3ccccc3CN2C(=O)CC(C)C)cc1OCC. The lowest BCUT2D eigenvalue weighted by atomic mass is 9.92. The quantitative estimate of drug-likeness (QED) is 0.601. The van der Waals surface area contributed by atoms with Gasteiger partial charge < -0.3 is 19.7 Å². The van der Waals surface area contributed by atoms with E-state index < -0.39 is 6.04 Å². The van der Waals surface area contributed by atoms with Crippen LogP contribution in [0.4, 0.5) is 0 Å². The van der Waals surface area contributed by atoms with Crippen molar-refractivity contribution < 1.29 is 19.1 Å². The highest BCUT2D eigenvalue weighted by atomic mass is 16.5. The number of amides is 2. The number of carbonyl (C=O) groups is 2. The van der Waals surface area contributed by atoms with Gasteiger partial charge in [-0.2, -0.15) is 0 Å². The first kappa shape index (κ1) is 24.6. The molecule has 6 heteroatoms. The molecule has 3 rings (SSSR count). The predicted octanol–water partition coefficient (Wildman–Crippen LogP) is 4.66. The van der Waals surface area contributed by atoms with Crippen molar-refractivity contribution in [2.24, 2.45) is 5.92 Å². The summed E-state index contributed by atoms with van der Waals surface area (Å²) in [5.41, 5.74) is 3.16. The van der Waals surface area contributed by atoms with Crippen molar-refractivity contribution in [2.75, 3.05) is 13.2 Å². The van der Waals surface area contributed by atoms with Gasteiger partial charge in [-0.25, -0.2) is 0 Å². The Morgan fingerprint density at radius 3 is 2.33 bits per heavy atom. The summed E-state index contributed by atoms with van der Waals surface area (Å²) in [5, 5.41) is 3.13. The summed E-state index contributed by atoms with van der Waals surface area (Å²) in [6.07, 6.45) is 0.949. The van der Waals surface area contributed by atoms with Crippen molar-refractivity contribution in [3.63, 3.8) is 0 Å². The van der Waals surface area contributed by atoms with Crippen molar-refractivity contribution in [1.82, 2.24) is 10.2 Å². The number of benzene rings is 2. The van der Waals surface area contributed by atoms with Gasteiger partial charge in [-0.3, -0.25) is 9.59 Å². The summed E-state index contributed by atoms with van der Waals surface area (Å²) in [7, 11) is 0. The van der Waals surface area contributed by atoms with Gasteiger partial charge in [-0.1, -0.05) is 44.2 Å². The molecule has 0 fully saturated rings. The molecule has 0 aromatic heterocycles. The fourth-order valence-electron chi connectivity index (χ4n) is 4.22. The highest BCUT2D eigenvalue weighted by molar-refractivity contribution is 5.88. The van der Waals surface area contributed by atoms with Gasteiger partial charge in [-0.15, -0.1) is 0 Å². The van der Waals surface area contributed by atoms with Crippen molar-refractivity contribution in [3.8, 4) is 11.5 Å². The third-order valence-corrected chi connectivity index (χ3v) is 5.88. The highest BCUT2D eigenvalue weighted by Crippen LogP contribution is 2.31. The predicted molar refractivity (Wildman–Crippen MR) is 129 cm³/mol. The number of ether oxygens (including phenoxy) is 2. The van der Waals surface area contributed by atoms with Gasteiger partial charge in [0.05, 0.1) is 19.3 Å². The molecule has 0 saturated heterocycles. The van der Waals surface area contributed by atoms with Gasteiger partial charge in [0.15, 0.2) is 11.5 Å². The fourth-order valence-corrected chi connectivity index (χ4v) is 4.22. The average molecular weight is 453 g/mol. The molecule has 0 radical (unpaired) electrons. The van der Waals surface area contributed by atoms with Crippen LogP contribution in [-0.2, 0) is 22.6 Å². The molecule has 2 aromatic rings. The van der Waals surface area contributed by atoms with Crippen molar-refractivity contribution in [1.29, 1.82) is 0 Å². The number of fused-ring (bicyclic) bond motifs is 1. The van der Waals surface area contributed by atoms with E-state index in [-0.39, 0.29) is 23.8 Å². The monoisotopic (exact) mass is 452 g/mol. The van der Waals surface area contributed by atoms with Gasteiger partial charge in [0.25, 0.3) is 0 Å². The molecule has 2 aromatic carbocycles. The topological polar surface area (TPSA) is 67.9 Å². The van der Waals surface area contributed by atoms with E-state index in [4.69, 9.17) is 9.47 Å². The molecule has 0 saturated carbocycles. The second-order valence-electron chi connectivity index (χ2n) is 8.91. The zero-order valence-corrected chi connectivity index (χ0v) is 20.4. The van der Waals surface area contributed by atoms with E-state index >= 15 is 0 Å². The minimum Gasteiger partial charge on any atom is -0.490 e. The van der Waals surface area contributed by atoms with E-state index in [0.29, 0.717) is 44.1 Å². The normalized spacial score (nSPS) is 16.2. The third kappa shape index (κ3) is 6.06. The van der Waals surface area contributed by atoms with Crippen LogP contribution in [0.3, 0.4) is 0 Å². The molecule has 0 aliphatic carbocycles. The molecule has 0 spiro atoms. The average Bonchev–Trinajstić information content (AvgIpc) is 2.79. The molecule has 2 atom stereocenters.